The Morgan fingerprint density at radius 1 is 1.42 bits per heavy atom. The highest BCUT2D eigenvalue weighted by Gasteiger charge is 2.19. The highest BCUT2D eigenvalue weighted by molar-refractivity contribution is 6.25. The van der Waals surface area contributed by atoms with Gasteiger partial charge in [-0.3, -0.25) is 4.90 Å². The number of likely N-dealkylation sites (tertiary alicyclic amines) is 1. The Bertz CT molecular complexity index is 147. The van der Waals surface area contributed by atoms with Gasteiger partial charge in [-0.25, -0.2) is 0 Å². The summed E-state index contributed by atoms with van der Waals surface area (Å²) in [7, 11) is 0. The number of nitrogens with zero attached hydrogens (tertiary/aromatic N) is 1. The van der Waals surface area contributed by atoms with Gasteiger partial charge in [0, 0.05) is 24.0 Å². The predicted molar refractivity (Wildman–Crippen MR) is 54.9 cm³/mol. The lowest BCUT2D eigenvalue weighted by atomic mass is 10.0. The van der Waals surface area contributed by atoms with Crippen molar-refractivity contribution in [3.8, 4) is 0 Å². The van der Waals surface area contributed by atoms with E-state index in [1.807, 2.05) is 6.08 Å². The predicted octanol–water partition coefficient (Wildman–Crippen LogP) is 2.83. The normalized spacial score (nSPS) is 26.7. The van der Waals surface area contributed by atoms with Crippen LogP contribution in [0.2, 0.25) is 0 Å². The van der Waals surface area contributed by atoms with Gasteiger partial charge < -0.3 is 0 Å². The van der Waals surface area contributed by atoms with Crippen LogP contribution in [0.5, 0.6) is 0 Å². The average molecular weight is 208 g/mol. The van der Waals surface area contributed by atoms with Crippen LogP contribution in [0.4, 0.5) is 0 Å². The maximum Gasteiger partial charge on any atom is 0.0379 e. The molecule has 1 aliphatic rings. The fourth-order valence-corrected chi connectivity index (χ4v) is 2.08. The Morgan fingerprint density at radius 3 is 2.92 bits per heavy atom. The largest absolute Gasteiger partial charge is 0.296 e. The lowest BCUT2D eigenvalue weighted by molar-refractivity contribution is 0.181. The van der Waals surface area contributed by atoms with Gasteiger partial charge in [0.25, 0.3) is 0 Å². The SMILES string of the molecule is ClC=CCN1CCCCC1CCl. The van der Waals surface area contributed by atoms with Crippen molar-refractivity contribution in [3.05, 3.63) is 11.6 Å². The summed E-state index contributed by atoms with van der Waals surface area (Å²) < 4.78 is 0. The smallest absolute Gasteiger partial charge is 0.0379 e. The summed E-state index contributed by atoms with van der Waals surface area (Å²) in [5, 5.41) is 0. The molecule has 0 spiro atoms. The highest BCUT2D eigenvalue weighted by atomic mass is 35.5. The Labute approximate surface area is 84.3 Å². The van der Waals surface area contributed by atoms with Gasteiger partial charge in [0.2, 0.25) is 0 Å². The van der Waals surface area contributed by atoms with Crippen molar-refractivity contribution in [2.45, 2.75) is 25.3 Å². The molecule has 0 bridgehead atoms. The van der Waals surface area contributed by atoms with Crippen LogP contribution in [0.3, 0.4) is 0 Å². The molecule has 1 fully saturated rings. The van der Waals surface area contributed by atoms with Crippen molar-refractivity contribution in [2.24, 2.45) is 0 Å². The molecule has 0 aromatic carbocycles. The summed E-state index contributed by atoms with van der Waals surface area (Å²) in [4.78, 5) is 2.40. The van der Waals surface area contributed by atoms with E-state index < -0.39 is 0 Å². The van der Waals surface area contributed by atoms with Crippen LogP contribution in [0.1, 0.15) is 19.3 Å². The summed E-state index contributed by atoms with van der Waals surface area (Å²) in [6.07, 6.45) is 5.83. The van der Waals surface area contributed by atoms with Gasteiger partial charge in [-0.1, -0.05) is 24.1 Å². The molecular formula is C9H15Cl2N. The van der Waals surface area contributed by atoms with E-state index in [9.17, 15) is 0 Å². The fourth-order valence-electron chi connectivity index (χ4n) is 1.65. The maximum atomic E-state index is 5.86. The lowest BCUT2D eigenvalue weighted by Gasteiger charge is -2.33. The van der Waals surface area contributed by atoms with Crippen LogP contribution in [0.15, 0.2) is 11.6 Å². The molecule has 1 heterocycles. The molecule has 1 atom stereocenters. The second-order valence-electron chi connectivity index (χ2n) is 3.16. The van der Waals surface area contributed by atoms with Crippen LogP contribution < -0.4 is 0 Å². The third-order valence-electron chi connectivity index (χ3n) is 2.36. The lowest BCUT2D eigenvalue weighted by Crippen LogP contribution is -2.40. The molecule has 0 radical (unpaired) electrons. The van der Waals surface area contributed by atoms with E-state index in [-0.39, 0.29) is 0 Å². The first-order valence-electron chi connectivity index (χ1n) is 4.43. The van der Waals surface area contributed by atoms with Crippen LogP contribution >= 0.6 is 23.2 Å². The zero-order valence-electron chi connectivity index (χ0n) is 7.18. The summed E-state index contributed by atoms with van der Waals surface area (Å²) in [5.74, 6) is 0.746. The van der Waals surface area contributed by atoms with Crippen molar-refractivity contribution >= 4 is 23.2 Å². The molecule has 1 rings (SSSR count). The van der Waals surface area contributed by atoms with Crippen LogP contribution in [-0.2, 0) is 0 Å². The first-order valence-corrected chi connectivity index (χ1v) is 5.41. The van der Waals surface area contributed by atoms with E-state index in [1.54, 1.807) is 5.54 Å². The molecule has 0 aromatic rings. The molecule has 0 aromatic heterocycles. The Morgan fingerprint density at radius 2 is 2.25 bits per heavy atom. The minimum atomic E-state index is 0.563. The Balaban J connectivity index is 2.36. The summed E-state index contributed by atoms with van der Waals surface area (Å²) in [5.41, 5.74) is 1.58. The molecule has 1 aliphatic heterocycles. The average Bonchev–Trinajstić information content (AvgIpc) is 2.15. The van der Waals surface area contributed by atoms with E-state index in [0.717, 1.165) is 12.4 Å². The molecular weight excluding hydrogens is 193 g/mol. The third-order valence-corrected chi connectivity index (χ3v) is 2.89. The molecule has 3 heteroatoms. The quantitative estimate of drug-likeness (QED) is 0.644. The van der Waals surface area contributed by atoms with Crippen molar-refractivity contribution in [2.75, 3.05) is 19.0 Å². The third kappa shape index (κ3) is 2.96. The molecule has 1 nitrogen and oxygen atoms in total. The molecule has 0 saturated carbocycles. The summed E-state index contributed by atoms with van der Waals surface area (Å²) in [6, 6.07) is 0.563. The number of hydrogen-bond acceptors (Lipinski definition) is 1. The maximum absolute atomic E-state index is 5.86. The molecule has 0 N–H and O–H groups in total. The summed E-state index contributed by atoms with van der Waals surface area (Å²) >= 11 is 11.3. The van der Waals surface area contributed by atoms with E-state index in [2.05, 4.69) is 4.90 Å². The van der Waals surface area contributed by atoms with Crippen molar-refractivity contribution in [1.82, 2.24) is 4.90 Å². The van der Waals surface area contributed by atoms with Gasteiger partial charge in [0.05, 0.1) is 0 Å². The van der Waals surface area contributed by atoms with Crippen LogP contribution in [0, 0.1) is 0 Å². The van der Waals surface area contributed by atoms with Gasteiger partial charge in [-0.05, 0) is 19.4 Å². The topological polar surface area (TPSA) is 3.24 Å². The minimum absolute atomic E-state index is 0.563. The number of alkyl halides is 1. The zero-order chi connectivity index (χ0) is 8.81. The Kier molecular flexibility index (Phi) is 5.05. The Hall–Kier alpha value is 0.280. The standard InChI is InChI=1S/C9H15Cl2N/c10-5-3-7-12-6-2-1-4-9(12)8-11/h3,5,9H,1-2,4,6-8H2. The van der Waals surface area contributed by atoms with Crippen LogP contribution in [0.25, 0.3) is 0 Å². The van der Waals surface area contributed by atoms with Gasteiger partial charge >= 0.3 is 0 Å². The highest BCUT2D eigenvalue weighted by Crippen LogP contribution is 2.17. The van der Waals surface area contributed by atoms with Gasteiger partial charge in [-0.2, -0.15) is 0 Å². The number of hydrogen-bond donors (Lipinski definition) is 0. The molecule has 70 valence electrons. The van der Waals surface area contributed by atoms with Crippen molar-refractivity contribution < 1.29 is 0 Å². The fraction of sp³-hybridized carbons (Fsp3) is 0.778. The van der Waals surface area contributed by atoms with E-state index in [1.165, 1.54) is 25.8 Å². The van der Waals surface area contributed by atoms with E-state index in [0.29, 0.717) is 6.04 Å². The number of piperidine rings is 1. The van der Waals surface area contributed by atoms with Crippen molar-refractivity contribution in [3.63, 3.8) is 0 Å². The van der Waals surface area contributed by atoms with Gasteiger partial charge in [-0.15, -0.1) is 11.6 Å². The first kappa shape index (κ1) is 10.4. The first-order chi connectivity index (χ1) is 5.88. The van der Waals surface area contributed by atoms with E-state index in [4.69, 9.17) is 23.2 Å². The van der Waals surface area contributed by atoms with Crippen molar-refractivity contribution in [1.29, 1.82) is 0 Å². The second kappa shape index (κ2) is 5.85. The second-order valence-corrected chi connectivity index (χ2v) is 3.72. The van der Waals surface area contributed by atoms with E-state index >= 15 is 0 Å². The molecule has 0 aliphatic carbocycles. The number of halogens is 2. The number of rotatable bonds is 3. The molecule has 1 saturated heterocycles. The zero-order valence-corrected chi connectivity index (χ0v) is 8.69. The van der Waals surface area contributed by atoms with Crippen LogP contribution in [-0.4, -0.2) is 29.9 Å². The minimum Gasteiger partial charge on any atom is -0.296 e. The summed E-state index contributed by atoms with van der Waals surface area (Å²) in [6.45, 7) is 2.11. The molecule has 1 unspecified atom stereocenters. The van der Waals surface area contributed by atoms with Gasteiger partial charge in [0.15, 0.2) is 0 Å². The monoisotopic (exact) mass is 207 g/mol. The molecule has 12 heavy (non-hydrogen) atoms. The van der Waals surface area contributed by atoms with Gasteiger partial charge in [0.1, 0.15) is 0 Å². The molecule has 0 amide bonds.